The molecule has 0 radical (unpaired) electrons. The van der Waals surface area contributed by atoms with Crippen molar-refractivity contribution in [2.24, 2.45) is 0 Å². The van der Waals surface area contributed by atoms with E-state index in [2.05, 4.69) is 58.7 Å². The molecule has 0 aliphatic rings. The summed E-state index contributed by atoms with van der Waals surface area (Å²) in [6, 6.07) is 13.8. The first-order valence-corrected chi connectivity index (χ1v) is 8.95. The fourth-order valence-electron chi connectivity index (χ4n) is 2.66. The number of rotatable bonds is 6. The highest BCUT2D eigenvalue weighted by Crippen LogP contribution is 2.31. The molecule has 7 heteroatoms. The van der Waals surface area contributed by atoms with Crippen LogP contribution in [0, 0.1) is 0 Å². The van der Waals surface area contributed by atoms with Crippen LogP contribution in [0.3, 0.4) is 0 Å². The molecule has 146 valence electrons. The number of nitrogens with one attached hydrogen (secondary N) is 2. The summed E-state index contributed by atoms with van der Waals surface area (Å²) >= 11 is 0. The SMILES string of the molecule is COc1ccc(Nc2cnnc(Nc3ccc(C(C)(C)C)cc3)n2)cc1OC. The maximum Gasteiger partial charge on any atom is 0.249 e. The van der Waals surface area contributed by atoms with E-state index in [1.807, 2.05) is 30.3 Å². The van der Waals surface area contributed by atoms with Crippen LogP contribution in [0.5, 0.6) is 11.5 Å². The third-order valence-electron chi connectivity index (χ3n) is 4.22. The minimum absolute atomic E-state index is 0.111. The van der Waals surface area contributed by atoms with E-state index in [-0.39, 0.29) is 5.41 Å². The van der Waals surface area contributed by atoms with Gasteiger partial charge in [0.15, 0.2) is 17.3 Å². The zero-order valence-corrected chi connectivity index (χ0v) is 16.8. The third-order valence-corrected chi connectivity index (χ3v) is 4.22. The summed E-state index contributed by atoms with van der Waals surface area (Å²) in [6.07, 6.45) is 1.56. The molecule has 28 heavy (non-hydrogen) atoms. The van der Waals surface area contributed by atoms with Crippen LogP contribution < -0.4 is 20.1 Å². The number of nitrogens with zero attached hydrogens (tertiary/aromatic N) is 3. The molecule has 1 aromatic heterocycles. The molecule has 2 N–H and O–H groups in total. The molecule has 0 aliphatic carbocycles. The molecule has 0 spiro atoms. The van der Waals surface area contributed by atoms with Gasteiger partial charge in [-0.05, 0) is 35.2 Å². The van der Waals surface area contributed by atoms with Crippen molar-refractivity contribution in [1.82, 2.24) is 15.2 Å². The molecule has 0 saturated carbocycles. The van der Waals surface area contributed by atoms with Gasteiger partial charge in [0.2, 0.25) is 5.95 Å². The maximum absolute atomic E-state index is 5.33. The van der Waals surface area contributed by atoms with Crippen molar-refractivity contribution in [1.29, 1.82) is 0 Å². The standard InChI is InChI=1S/C21H25N5O2/c1-21(2,3)14-6-8-15(9-7-14)24-20-25-19(13-22-26-20)23-16-10-11-17(27-4)18(12-16)28-5/h6-13H,1-5H3,(H2,23,24,25,26). The molecule has 0 aliphatic heterocycles. The molecule has 0 fully saturated rings. The molecular weight excluding hydrogens is 354 g/mol. The summed E-state index contributed by atoms with van der Waals surface area (Å²) in [5.41, 5.74) is 3.08. The number of anilines is 4. The number of hydrogen-bond donors (Lipinski definition) is 2. The monoisotopic (exact) mass is 379 g/mol. The Morgan fingerprint density at radius 1 is 0.821 bits per heavy atom. The smallest absolute Gasteiger partial charge is 0.249 e. The van der Waals surface area contributed by atoms with Crippen molar-refractivity contribution in [3.8, 4) is 11.5 Å². The van der Waals surface area contributed by atoms with Gasteiger partial charge in [-0.1, -0.05) is 32.9 Å². The first kappa shape index (κ1) is 19.4. The number of benzene rings is 2. The van der Waals surface area contributed by atoms with Gasteiger partial charge in [0.25, 0.3) is 0 Å². The summed E-state index contributed by atoms with van der Waals surface area (Å²) in [5, 5.41) is 14.4. The largest absolute Gasteiger partial charge is 0.493 e. The normalized spacial score (nSPS) is 11.0. The van der Waals surface area contributed by atoms with Crippen molar-refractivity contribution in [3.63, 3.8) is 0 Å². The van der Waals surface area contributed by atoms with E-state index >= 15 is 0 Å². The van der Waals surface area contributed by atoms with Gasteiger partial charge in [0, 0.05) is 17.4 Å². The van der Waals surface area contributed by atoms with Gasteiger partial charge in [0.1, 0.15) is 0 Å². The van der Waals surface area contributed by atoms with Crippen molar-refractivity contribution in [3.05, 3.63) is 54.2 Å². The van der Waals surface area contributed by atoms with E-state index in [1.54, 1.807) is 20.4 Å². The first-order chi connectivity index (χ1) is 13.4. The zero-order chi connectivity index (χ0) is 20.1. The molecule has 3 aromatic rings. The summed E-state index contributed by atoms with van der Waals surface area (Å²) < 4.78 is 10.6. The predicted molar refractivity (Wildman–Crippen MR) is 111 cm³/mol. The van der Waals surface area contributed by atoms with Crippen molar-refractivity contribution >= 4 is 23.1 Å². The molecular formula is C21H25N5O2. The van der Waals surface area contributed by atoms with Crippen molar-refractivity contribution < 1.29 is 9.47 Å². The van der Waals surface area contributed by atoms with Crippen molar-refractivity contribution in [2.45, 2.75) is 26.2 Å². The molecule has 7 nitrogen and oxygen atoms in total. The molecule has 0 bridgehead atoms. The maximum atomic E-state index is 5.33. The summed E-state index contributed by atoms with van der Waals surface area (Å²) in [6.45, 7) is 6.56. The minimum atomic E-state index is 0.111. The Balaban J connectivity index is 1.74. The van der Waals surface area contributed by atoms with E-state index < -0.39 is 0 Å². The summed E-state index contributed by atoms with van der Waals surface area (Å²) in [5.74, 6) is 2.27. The topological polar surface area (TPSA) is 81.2 Å². The van der Waals surface area contributed by atoms with Crippen LogP contribution in [0.2, 0.25) is 0 Å². The molecule has 0 saturated heterocycles. The average Bonchev–Trinajstić information content (AvgIpc) is 2.68. The second-order valence-electron chi connectivity index (χ2n) is 7.31. The van der Waals surface area contributed by atoms with Crippen LogP contribution in [0.15, 0.2) is 48.7 Å². The van der Waals surface area contributed by atoms with Crippen LogP contribution in [-0.4, -0.2) is 29.4 Å². The first-order valence-electron chi connectivity index (χ1n) is 8.95. The van der Waals surface area contributed by atoms with E-state index in [0.29, 0.717) is 23.3 Å². The summed E-state index contributed by atoms with van der Waals surface area (Å²) in [7, 11) is 3.20. The molecule has 0 atom stereocenters. The van der Waals surface area contributed by atoms with E-state index in [4.69, 9.17) is 9.47 Å². The molecule has 1 heterocycles. The fourth-order valence-corrected chi connectivity index (χ4v) is 2.66. The Labute approximate surface area is 165 Å². The third kappa shape index (κ3) is 4.68. The lowest BCUT2D eigenvalue weighted by Crippen LogP contribution is -2.10. The van der Waals surface area contributed by atoms with E-state index in [9.17, 15) is 0 Å². The second kappa shape index (κ2) is 8.12. The fraction of sp³-hybridized carbons (Fsp3) is 0.286. The number of hydrogen-bond acceptors (Lipinski definition) is 7. The van der Waals surface area contributed by atoms with Gasteiger partial charge in [0.05, 0.1) is 20.4 Å². The van der Waals surface area contributed by atoms with E-state index in [1.165, 1.54) is 5.56 Å². The Kier molecular flexibility index (Phi) is 5.63. The van der Waals surface area contributed by atoms with Gasteiger partial charge >= 0.3 is 0 Å². The van der Waals surface area contributed by atoms with Crippen LogP contribution in [-0.2, 0) is 5.41 Å². The zero-order valence-electron chi connectivity index (χ0n) is 16.8. The van der Waals surface area contributed by atoms with Crippen LogP contribution in [0.1, 0.15) is 26.3 Å². The lowest BCUT2D eigenvalue weighted by Gasteiger charge is -2.19. The Hall–Kier alpha value is -3.35. The highest BCUT2D eigenvalue weighted by molar-refractivity contribution is 5.62. The van der Waals surface area contributed by atoms with Crippen LogP contribution >= 0.6 is 0 Å². The number of ether oxygens (including phenoxy) is 2. The number of aromatic nitrogens is 3. The Morgan fingerprint density at radius 3 is 2.14 bits per heavy atom. The van der Waals surface area contributed by atoms with Gasteiger partial charge in [-0.2, -0.15) is 10.1 Å². The van der Waals surface area contributed by atoms with Crippen LogP contribution in [0.25, 0.3) is 0 Å². The van der Waals surface area contributed by atoms with Crippen molar-refractivity contribution in [2.75, 3.05) is 24.9 Å². The Morgan fingerprint density at radius 2 is 1.50 bits per heavy atom. The summed E-state index contributed by atoms with van der Waals surface area (Å²) in [4.78, 5) is 4.46. The molecule has 0 unspecified atom stereocenters. The highest BCUT2D eigenvalue weighted by Gasteiger charge is 2.13. The lowest BCUT2D eigenvalue weighted by atomic mass is 9.87. The minimum Gasteiger partial charge on any atom is -0.493 e. The molecule has 3 rings (SSSR count). The predicted octanol–water partition coefficient (Wildman–Crippen LogP) is 4.67. The Bertz CT molecular complexity index is 936. The average molecular weight is 379 g/mol. The quantitative estimate of drug-likeness (QED) is 0.644. The van der Waals surface area contributed by atoms with Gasteiger partial charge in [-0.25, -0.2) is 0 Å². The molecule has 2 aromatic carbocycles. The van der Waals surface area contributed by atoms with Gasteiger partial charge < -0.3 is 20.1 Å². The van der Waals surface area contributed by atoms with Gasteiger partial charge in [-0.15, -0.1) is 5.10 Å². The van der Waals surface area contributed by atoms with Crippen LogP contribution in [0.4, 0.5) is 23.1 Å². The van der Waals surface area contributed by atoms with E-state index in [0.717, 1.165) is 11.4 Å². The highest BCUT2D eigenvalue weighted by atomic mass is 16.5. The number of methoxy groups -OCH3 is 2. The second-order valence-corrected chi connectivity index (χ2v) is 7.31. The lowest BCUT2D eigenvalue weighted by molar-refractivity contribution is 0.355. The molecule has 0 amide bonds. The van der Waals surface area contributed by atoms with Gasteiger partial charge in [-0.3, -0.25) is 0 Å².